The fourth-order valence-corrected chi connectivity index (χ4v) is 2.92. The average molecular weight is 275 g/mol. The molecule has 1 heterocycles. The number of carboxylic acid groups (broad SMARTS) is 1. The van der Waals surface area contributed by atoms with E-state index in [0.29, 0.717) is 25.2 Å². The third-order valence-electron chi connectivity index (χ3n) is 4.03. The zero-order valence-corrected chi connectivity index (χ0v) is 11.0. The van der Waals surface area contributed by atoms with Gasteiger partial charge in [-0.2, -0.15) is 0 Å². The second kappa shape index (κ2) is 5.15. The molecule has 1 aliphatic heterocycles. The van der Waals surface area contributed by atoms with E-state index in [2.05, 4.69) is 4.99 Å². The molecule has 2 aliphatic rings. The zero-order valence-electron chi connectivity index (χ0n) is 11.0. The first-order valence-electron chi connectivity index (χ1n) is 6.86. The van der Waals surface area contributed by atoms with E-state index >= 15 is 0 Å². The molecule has 5 nitrogen and oxygen atoms in total. The molecule has 0 saturated heterocycles. The van der Waals surface area contributed by atoms with Crippen LogP contribution in [0.2, 0.25) is 0 Å². The lowest BCUT2D eigenvalue weighted by Gasteiger charge is -2.26. The highest BCUT2D eigenvalue weighted by molar-refractivity contribution is 5.81. The van der Waals surface area contributed by atoms with Gasteiger partial charge in [0.15, 0.2) is 5.90 Å². The predicted molar refractivity (Wildman–Crippen MR) is 72.9 cm³/mol. The van der Waals surface area contributed by atoms with Gasteiger partial charge in [-0.25, -0.2) is 4.99 Å². The number of hydrogen-bond acceptors (Lipinski definition) is 4. The number of rotatable bonds is 3. The van der Waals surface area contributed by atoms with Crippen molar-refractivity contribution in [2.75, 3.05) is 0 Å². The molecule has 106 valence electrons. The number of para-hydroxylation sites is 1. The Morgan fingerprint density at radius 2 is 2.15 bits per heavy atom. The van der Waals surface area contributed by atoms with Crippen LogP contribution in [0.15, 0.2) is 29.3 Å². The van der Waals surface area contributed by atoms with Crippen LogP contribution in [0, 0.1) is 5.92 Å². The fourth-order valence-electron chi connectivity index (χ4n) is 2.92. The lowest BCUT2D eigenvalue weighted by Crippen LogP contribution is -2.33. The van der Waals surface area contributed by atoms with E-state index in [1.807, 2.05) is 12.1 Å². The molecule has 0 bridgehead atoms. The molecule has 5 heteroatoms. The summed E-state index contributed by atoms with van der Waals surface area (Å²) < 4.78 is 5.80. The summed E-state index contributed by atoms with van der Waals surface area (Å²) in [6.07, 6.45) is 2.39. The Hall–Kier alpha value is -2.04. The molecular weight excluding hydrogens is 258 g/mol. The van der Waals surface area contributed by atoms with Gasteiger partial charge < -0.3 is 14.9 Å². The van der Waals surface area contributed by atoms with E-state index in [0.717, 1.165) is 12.0 Å². The quantitative estimate of drug-likeness (QED) is 0.884. The lowest BCUT2D eigenvalue weighted by molar-refractivity contribution is -0.143. The van der Waals surface area contributed by atoms with Crippen LogP contribution >= 0.6 is 0 Å². The van der Waals surface area contributed by atoms with E-state index in [9.17, 15) is 9.90 Å². The van der Waals surface area contributed by atoms with Crippen LogP contribution in [0.3, 0.4) is 0 Å². The second-order valence-corrected chi connectivity index (χ2v) is 5.40. The van der Waals surface area contributed by atoms with Crippen molar-refractivity contribution >= 4 is 11.9 Å². The molecule has 1 aromatic carbocycles. The highest BCUT2D eigenvalue weighted by Gasteiger charge is 2.39. The molecule has 2 N–H and O–H groups in total. The van der Waals surface area contributed by atoms with E-state index in [1.165, 1.54) is 0 Å². The highest BCUT2D eigenvalue weighted by Crippen LogP contribution is 2.33. The molecule has 0 spiro atoms. The minimum Gasteiger partial charge on any atom is -0.508 e. The number of phenolic OH excluding ortho intramolecular Hbond substituents is 1. The maximum absolute atomic E-state index is 11.0. The van der Waals surface area contributed by atoms with Crippen LogP contribution in [-0.4, -0.2) is 34.2 Å². The van der Waals surface area contributed by atoms with Gasteiger partial charge in [-0.3, -0.25) is 4.79 Å². The van der Waals surface area contributed by atoms with Gasteiger partial charge >= 0.3 is 5.97 Å². The van der Waals surface area contributed by atoms with E-state index in [4.69, 9.17) is 9.84 Å². The maximum atomic E-state index is 11.0. The first kappa shape index (κ1) is 13.0. The predicted octanol–water partition coefficient (Wildman–Crippen LogP) is 1.99. The summed E-state index contributed by atoms with van der Waals surface area (Å²) in [4.78, 5) is 15.5. The number of aliphatic carboxylic acids is 1. The molecule has 0 radical (unpaired) electrons. The van der Waals surface area contributed by atoms with Crippen molar-refractivity contribution in [3.8, 4) is 5.75 Å². The van der Waals surface area contributed by atoms with Crippen molar-refractivity contribution in [3.63, 3.8) is 0 Å². The van der Waals surface area contributed by atoms with E-state index < -0.39 is 5.97 Å². The summed E-state index contributed by atoms with van der Waals surface area (Å²) in [7, 11) is 0. The SMILES string of the molecule is O=C(O)C1CCC2OC(Cc3ccccc3O)=NC2C1. The Kier molecular flexibility index (Phi) is 3.34. The van der Waals surface area contributed by atoms with Gasteiger partial charge in [-0.15, -0.1) is 0 Å². The summed E-state index contributed by atoms with van der Waals surface area (Å²) in [5, 5.41) is 18.8. The number of fused-ring (bicyclic) bond motifs is 1. The van der Waals surface area contributed by atoms with Crippen LogP contribution in [-0.2, 0) is 16.0 Å². The van der Waals surface area contributed by atoms with Gasteiger partial charge in [0.2, 0.25) is 0 Å². The van der Waals surface area contributed by atoms with Gasteiger partial charge in [0.25, 0.3) is 0 Å². The number of phenols is 1. The number of ether oxygens (including phenoxy) is 1. The number of hydrogen-bond donors (Lipinski definition) is 2. The van der Waals surface area contributed by atoms with Crippen LogP contribution in [0.25, 0.3) is 0 Å². The van der Waals surface area contributed by atoms with Crippen molar-refractivity contribution < 1.29 is 19.7 Å². The third kappa shape index (κ3) is 2.48. The van der Waals surface area contributed by atoms with Crippen LogP contribution < -0.4 is 0 Å². The monoisotopic (exact) mass is 275 g/mol. The van der Waals surface area contributed by atoms with Gasteiger partial charge in [-0.05, 0) is 25.3 Å². The summed E-state index contributed by atoms with van der Waals surface area (Å²) >= 11 is 0. The number of aromatic hydroxyl groups is 1. The number of carboxylic acids is 1. The topological polar surface area (TPSA) is 79.1 Å². The Labute approximate surface area is 116 Å². The van der Waals surface area contributed by atoms with Gasteiger partial charge in [-0.1, -0.05) is 18.2 Å². The van der Waals surface area contributed by atoms with Crippen molar-refractivity contribution in [2.24, 2.45) is 10.9 Å². The molecule has 3 unspecified atom stereocenters. The van der Waals surface area contributed by atoms with Gasteiger partial charge in [0.05, 0.1) is 18.4 Å². The fraction of sp³-hybridized carbons (Fsp3) is 0.467. The normalized spacial score (nSPS) is 28.4. The van der Waals surface area contributed by atoms with Crippen LogP contribution in [0.5, 0.6) is 5.75 Å². The molecule has 1 aliphatic carbocycles. The Bertz CT molecular complexity index is 555. The van der Waals surface area contributed by atoms with Crippen molar-refractivity contribution in [1.82, 2.24) is 0 Å². The molecule has 0 amide bonds. The molecular formula is C15H17NO4. The standard InChI is InChI=1S/C15H17NO4/c17-12-4-2-1-3-9(12)8-14-16-11-7-10(15(18)19)5-6-13(11)20-14/h1-4,10-11,13,17H,5-8H2,(H,18,19). The molecule has 1 saturated carbocycles. The van der Waals surface area contributed by atoms with Crippen LogP contribution in [0.1, 0.15) is 24.8 Å². The largest absolute Gasteiger partial charge is 0.508 e. The molecule has 20 heavy (non-hydrogen) atoms. The summed E-state index contributed by atoms with van der Waals surface area (Å²) in [5.74, 6) is -0.217. The van der Waals surface area contributed by atoms with Crippen molar-refractivity contribution in [1.29, 1.82) is 0 Å². The Balaban J connectivity index is 1.70. The van der Waals surface area contributed by atoms with Crippen LogP contribution in [0.4, 0.5) is 0 Å². The highest BCUT2D eigenvalue weighted by atomic mass is 16.5. The molecule has 1 fully saturated rings. The zero-order chi connectivity index (χ0) is 14.1. The molecule has 3 rings (SSSR count). The maximum Gasteiger partial charge on any atom is 0.306 e. The minimum atomic E-state index is -0.743. The first-order chi connectivity index (χ1) is 9.63. The number of aliphatic imine (C=N–C) groups is 1. The number of benzene rings is 1. The molecule has 0 aromatic heterocycles. The first-order valence-corrected chi connectivity index (χ1v) is 6.86. The summed E-state index contributed by atoms with van der Waals surface area (Å²) in [5.41, 5.74) is 0.777. The number of carbonyl (C=O) groups is 1. The van der Waals surface area contributed by atoms with E-state index in [-0.39, 0.29) is 23.8 Å². The Morgan fingerprint density at radius 3 is 2.90 bits per heavy atom. The summed E-state index contributed by atoms with van der Waals surface area (Å²) in [6.45, 7) is 0. The van der Waals surface area contributed by atoms with Gasteiger partial charge in [0, 0.05) is 5.56 Å². The average Bonchev–Trinajstić information content (AvgIpc) is 2.82. The smallest absolute Gasteiger partial charge is 0.306 e. The lowest BCUT2D eigenvalue weighted by atomic mass is 9.84. The van der Waals surface area contributed by atoms with Crippen molar-refractivity contribution in [2.45, 2.75) is 37.8 Å². The molecule has 1 aromatic rings. The third-order valence-corrected chi connectivity index (χ3v) is 4.03. The Morgan fingerprint density at radius 1 is 1.35 bits per heavy atom. The minimum absolute atomic E-state index is 0.00598. The summed E-state index contributed by atoms with van der Waals surface area (Å²) in [6, 6.07) is 7.05. The van der Waals surface area contributed by atoms with Gasteiger partial charge in [0.1, 0.15) is 11.9 Å². The number of nitrogens with zero attached hydrogens (tertiary/aromatic N) is 1. The second-order valence-electron chi connectivity index (χ2n) is 5.40. The van der Waals surface area contributed by atoms with E-state index in [1.54, 1.807) is 12.1 Å². The van der Waals surface area contributed by atoms with Crippen molar-refractivity contribution in [3.05, 3.63) is 29.8 Å². The molecule has 3 atom stereocenters.